The minimum Gasteiger partial charge on any atom is -0.504 e. The molecule has 0 fully saturated rings. The highest BCUT2D eigenvalue weighted by Crippen LogP contribution is 2.66. The van der Waals surface area contributed by atoms with Crippen LogP contribution in [0.1, 0.15) is 153 Å². The number of fused-ring (bicyclic) bond motifs is 7. The number of aromatic hydroxyl groups is 1. The van der Waals surface area contributed by atoms with Gasteiger partial charge < -0.3 is 19.3 Å². The third-order valence-corrected chi connectivity index (χ3v) is 11.7. The van der Waals surface area contributed by atoms with Gasteiger partial charge >= 0.3 is 0 Å². The molecule has 4 aliphatic rings. The van der Waals surface area contributed by atoms with Crippen molar-refractivity contribution in [2.75, 3.05) is 0 Å². The van der Waals surface area contributed by atoms with Crippen molar-refractivity contribution < 1.29 is 19.3 Å². The molecule has 6 heteroatoms. The molecule has 1 aliphatic heterocycles. The van der Waals surface area contributed by atoms with E-state index in [-0.39, 0.29) is 32.8 Å². The van der Waals surface area contributed by atoms with Crippen molar-refractivity contribution in [1.29, 1.82) is 10.5 Å². The first-order chi connectivity index (χ1) is 22.6. The summed E-state index contributed by atoms with van der Waals surface area (Å²) in [7, 11) is 0. The van der Waals surface area contributed by atoms with Gasteiger partial charge in [-0.3, -0.25) is 0 Å². The Morgan fingerprint density at radius 3 is 1.63 bits per heavy atom. The van der Waals surface area contributed by atoms with Crippen LogP contribution in [0.2, 0.25) is 0 Å². The van der Waals surface area contributed by atoms with Crippen LogP contribution in [-0.2, 0) is 27.1 Å². The summed E-state index contributed by atoms with van der Waals surface area (Å²) in [5, 5.41) is 32.6. The Balaban J connectivity index is 1.39. The van der Waals surface area contributed by atoms with E-state index in [0.29, 0.717) is 45.8 Å². The van der Waals surface area contributed by atoms with E-state index in [2.05, 4.69) is 113 Å². The van der Waals surface area contributed by atoms with Gasteiger partial charge in [0.2, 0.25) is 0 Å². The first-order valence-corrected chi connectivity index (χ1v) is 17.7. The van der Waals surface area contributed by atoms with E-state index in [0.717, 1.165) is 47.9 Å². The lowest BCUT2D eigenvalue weighted by atomic mass is 9.72. The molecule has 0 radical (unpaired) electrons. The second kappa shape index (κ2) is 9.97. The molecule has 49 heavy (non-hydrogen) atoms. The van der Waals surface area contributed by atoms with Crippen molar-refractivity contribution in [3.8, 4) is 46.6 Å². The van der Waals surface area contributed by atoms with E-state index < -0.39 is 5.60 Å². The SMILES string of the molecule is CC(C)CC(C)(C)Oc1cc2c(cc1O)C1(CC2(C)C)CC(C)(C)c2cc3c(cc21)Oc1c(C#N)c2c(c(C#N)c1O3)C(C)(C)CC2(C)C. The maximum atomic E-state index is 11.5. The normalized spacial score (nSPS) is 22.6. The molecule has 256 valence electrons. The van der Waals surface area contributed by atoms with E-state index in [1.807, 2.05) is 6.07 Å². The lowest BCUT2D eigenvalue weighted by molar-refractivity contribution is 0.0815. The fourth-order valence-corrected chi connectivity index (χ4v) is 10.9. The van der Waals surface area contributed by atoms with Gasteiger partial charge in [-0.1, -0.05) is 69.2 Å². The van der Waals surface area contributed by atoms with Gasteiger partial charge in [0.1, 0.15) is 28.9 Å². The molecule has 1 unspecified atom stereocenters. The molecule has 6 nitrogen and oxygen atoms in total. The lowest BCUT2D eigenvalue weighted by Gasteiger charge is -2.32. The van der Waals surface area contributed by atoms with Gasteiger partial charge in [0.15, 0.2) is 34.5 Å². The second-order valence-electron chi connectivity index (χ2n) is 18.9. The van der Waals surface area contributed by atoms with Crippen molar-refractivity contribution in [3.63, 3.8) is 0 Å². The molecule has 3 aromatic carbocycles. The number of nitriles is 2. The zero-order chi connectivity index (χ0) is 35.9. The highest BCUT2D eigenvalue weighted by molar-refractivity contribution is 5.76. The first-order valence-electron chi connectivity index (χ1n) is 17.7. The third-order valence-electron chi connectivity index (χ3n) is 11.7. The second-order valence-corrected chi connectivity index (χ2v) is 18.9. The minimum atomic E-state index is -0.423. The number of nitrogens with zero attached hydrogens (tertiary/aromatic N) is 2. The molecule has 0 amide bonds. The number of hydrogen-bond donors (Lipinski definition) is 1. The number of benzene rings is 3. The maximum absolute atomic E-state index is 11.5. The standard InChI is InChI=1S/C43H50N2O4/c1-23(2)17-42(11,12)49-31-14-26-28(13-30(31)46)43(21-38(26,3)4)22-39(5,6)27-15-32-33(16-29(27)43)48-37-25(19-45)35-34(24(18-44)36(37)47-32)40(7,8)20-41(35,9)10/h13-16,23,46H,17,20-22H2,1-12H3. The highest BCUT2D eigenvalue weighted by Gasteiger charge is 2.57. The van der Waals surface area contributed by atoms with Gasteiger partial charge in [-0.2, -0.15) is 10.5 Å². The van der Waals surface area contributed by atoms with Gasteiger partial charge in [-0.15, -0.1) is 0 Å². The summed E-state index contributed by atoms with van der Waals surface area (Å²) in [5.41, 5.74) is 5.52. The van der Waals surface area contributed by atoms with E-state index in [4.69, 9.17) is 14.2 Å². The maximum Gasteiger partial charge on any atom is 0.189 e. The molecule has 3 aliphatic carbocycles. The Bertz CT molecular complexity index is 2050. The monoisotopic (exact) mass is 658 g/mol. The van der Waals surface area contributed by atoms with Crippen LogP contribution in [0.4, 0.5) is 0 Å². The van der Waals surface area contributed by atoms with Crippen molar-refractivity contribution in [3.05, 3.63) is 68.8 Å². The third kappa shape index (κ3) is 4.70. The van der Waals surface area contributed by atoms with Gasteiger partial charge in [0.25, 0.3) is 0 Å². The minimum absolute atomic E-state index is 0.160. The summed E-state index contributed by atoms with van der Waals surface area (Å²) >= 11 is 0. The van der Waals surface area contributed by atoms with Crippen LogP contribution in [0.3, 0.4) is 0 Å². The summed E-state index contributed by atoms with van der Waals surface area (Å²) in [4.78, 5) is 0. The molecule has 0 aromatic heterocycles. The Morgan fingerprint density at radius 2 is 1.16 bits per heavy atom. The van der Waals surface area contributed by atoms with E-state index in [9.17, 15) is 15.6 Å². The predicted octanol–water partition coefficient (Wildman–Crippen LogP) is 10.8. The smallest absolute Gasteiger partial charge is 0.189 e. The fraction of sp³-hybridized carbons (Fsp3) is 0.535. The first kappa shape index (κ1) is 33.3. The zero-order valence-electron chi connectivity index (χ0n) is 31.3. The summed E-state index contributed by atoms with van der Waals surface area (Å²) < 4.78 is 19.9. The summed E-state index contributed by atoms with van der Waals surface area (Å²) in [6, 6.07) is 13.1. The highest BCUT2D eigenvalue weighted by atomic mass is 16.6. The topological polar surface area (TPSA) is 95.5 Å². The molecule has 1 heterocycles. The molecule has 0 saturated heterocycles. The van der Waals surface area contributed by atoms with Crippen LogP contribution in [0.15, 0.2) is 24.3 Å². The summed E-state index contributed by atoms with van der Waals surface area (Å²) in [5.74, 6) is 2.93. The Hall–Kier alpha value is -4.16. The van der Waals surface area contributed by atoms with Gasteiger partial charge in [0, 0.05) is 5.41 Å². The molecule has 3 aromatic rings. The molecule has 1 spiro atoms. The lowest BCUT2D eigenvalue weighted by Crippen LogP contribution is -2.30. The van der Waals surface area contributed by atoms with Gasteiger partial charge in [-0.25, -0.2) is 0 Å². The quantitative estimate of drug-likeness (QED) is 0.234. The van der Waals surface area contributed by atoms with Crippen molar-refractivity contribution in [2.45, 2.75) is 141 Å². The average molecular weight is 659 g/mol. The van der Waals surface area contributed by atoms with Gasteiger partial charge in [-0.05, 0) is 125 Å². The molecule has 7 rings (SSSR count). The van der Waals surface area contributed by atoms with Crippen molar-refractivity contribution in [2.24, 2.45) is 5.92 Å². The van der Waals surface area contributed by atoms with E-state index in [1.54, 1.807) is 0 Å². The summed E-state index contributed by atoms with van der Waals surface area (Å²) in [6.07, 6.45) is 3.39. The van der Waals surface area contributed by atoms with E-state index in [1.165, 1.54) is 11.1 Å². The van der Waals surface area contributed by atoms with Crippen LogP contribution in [0, 0.1) is 28.6 Å². The number of ether oxygens (including phenoxy) is 3. The van der Waals surface area contributed by atoms with Crippen LogP contribution < -0.4 is 14.2 Å². The number of hydrogen-bond acceptors (Lipinski definition) is 6. The Kier molecular flexibility index (Phi) is 6.78. The molecular weight excluding hydrogens is 608 g/mol. The molecule has 1 atom stereocenters. The van der Waals surface area contributed by atoms with Crippen LogP contribution in [0.5, 0.6) is 34.5 Å². The Labute approximate surface area is 292 Å². The van der Waals surface area contributed by atoms with Crippen LogP contribution >= 0.6 is 0 Å². The Morgan fingerprint density at radius 1 is 0.714 bits per heavy atom. The zero-order valence-corrected chi connectivity index (χ0v) is 31.3. The van der Waals surface area contributed by atoms with Crippen LogP contribution in [0.25, 0.3) is 0 Å². The van der Waals surface area contributed by atoms with Crippen LogP contribution in [-0.4, -0.2) is 10.7 Å². The largest absolute Gasteiger partial charge is 0.504 e. The molecular formula is C43H50N2O4. The number of phenolic OH excluding ortho intramolecular Hbond substituents is 1. The molecule has 0 bridgehead atoms. The molecule has 0 saturated carbocycles. The van der Waals surface area contributed by atoms with Gasteiger partial charge in [0.05, 0.1) is 0 Å². The van der Waals surface area contributed by atoms with E-state index >= 15 is 0 Å². The average Bonchev–Trinajstić information content (AvgIpc) is 3.40. The number of phenols is 1. The predicted molar refractivity (Wildman–Crippen MR) is 191 cm³/mol. The molecule has 1 N–H and O–H groups in total. The summed E-state index contributed by atoms with van der Waals surface area (Å²) in [6.45, 7) is 26.2. The van der Waals surface area contributed by atoms with Crippen molar-refractivity contribution >= 4 is 0 Å². The fourth-order valence-electron chi connectivity index (χ4n) is 10.9. The number of rotatable bonds is 4. The van der Waals surface area contributed by atoms with Crippen molar-refractivity contribution in [1.82, 2.24) is 0 Å².